The Labute approximate surface area is 112 Å². The van der Waals surface area contributed by atoms with Gasteiger partial charge in [-0.15, -0.1) is 0 Å². The standard InChI is InChI=1S/C14H18N4O/c1-10-7-11(9-12(15)8-10)14(19)16-5-3-13-4-6-18(2)17-13/h4,6-9H,3,5,15H2,1-2H3,(H,16,19). The van der Waals surface area contributed by atoms with Crippen LogP contribution in [0.25, 0.3) is 0 Å². The largest absolute Gasteiger partial charge is 0.399 e. The van der Waals surface area contributed by atoms with Gasteiger partial charge in [0.05, 0.1) is 5.69 Å². The molecule has 0 aliphatic heterocycles. The van der Waals surface area contributed by atoms with Crippen molar-refractivity contribution < 1.29 is 4.79 Å². The van der Waals surface area contributed by atoms with Crippen LogP contribution in [0, 0.1) is 6.92 Å². The van der Waals surface area contributed by atoms with Crippen LogP contribution in [0.15, 0.2) is 30.5 Å². The van der Waals surface area contributed by atoms with Crippen molar-refractivity contribution in [1.82, 2.24) is 15.1 Å². The number of nitrogens with zero attached hydrogens (tertiary/aromatic N) is 2. The fourth-order valence-electron chi connectivity index (χ4n) is 1.95. The second-order valence-electron chi connectivity index (χ2n) is 4.62. The Morgan fingerprint density at radius 1 is 1.42 bits per heavy atom. The van der Waals surface area contributed by atoms with Crippen molar-refractivity contribution in [2.75, 3.05) is 12.3 Å². The smallest absolute Gasteiger partial charge is 0.251 e. The fourth-order valence-corrected chi connectivity index (χ4v) is 1.95. The summed E-state index contributed by atoms with van der Waals surface area (Å²) in [6.07, 6.45) is 2.60. The highest BCUT2D eigenvalue weighted by Gasteiger charge is 2.06. The lowest BCUT2D eigenvalue weighted by molar-refractivity contribution is 0.0954. The zero-order chi connectivity index (χ0) is 13.8. The van der Waals surface area contributed by atoms with Gasteiger partial charge in [-0.2, -0.15) is 5.10 Å². The number of nitrogens with one attached hydrogen (secondary N) is 1. The summed E-state index contributed by atoms with van der Waals surface area (Å²) < 4.78 is 1.75. The van der Waals surface area contributed by atoms with E-state index in [2.05, 4.69) is 10.4 Å². The second kappa shape index (κ2) is 5.56. The summed E-state index contributed by atoms with van der Waals surface area (Å²) in [5.41, 5.74) is 8.87. The van der Waals surface area contributed by atoms with Crippen LogP contribution >= 0.6 is 0 Å². The maximum Gasteiger partial charge on any atom is 0.251 e. The first-order valence-electron chi connectivity index (χ1n) is 6.18. The van der Waals surface area contributed by atoms with Gasteiger partial charge in [0, 0.05) is 37.5 Å². The first-order chi connectivity index (χ1) is 9.04. The first kappa shape index (κ1) is 13.1. The molecule has 0 saturated carbocycles. The van der Waals surface area contributed by atoms with Crippen molar-refractivity contribution in [3.8, 4) is 0 Å². The van der Waals surface area contributed by atoms with Crippen LogP contribution in [0.4, 0.5) is 5.69 Å². The molecule has 1 amide bonds. The average molecular weight is 258 g/mol. The summed E-state index contributed by atoms with van der Waals surface area (Å²) in [5.74, 6) is -0.105. The summed E-state index contributed by atoms with van der Waals surface area (Å²) in [5, 5.41) is 7.12. The molecule has 3 N–H and O–H groups in total. The number of hydrogen-bond donors (Lipinski definition) is 2. The van der Waals surface area contributed by atoms with Crippen molar-refractivity contribution in [1.29, 1.82) is 0 Å². The lowest BCUT2D eigenvalue weighted by Crippen LogP contribution is -2.26. The van der Waals surface area contributed by atoms with Crippen molar-refractivity contribution in [3.05, 3.63) is 47.3 Å². The highest BCUT2D eigenvalue weighted by atomic mass is 16.1. The number of carbonyl (C=O) groups is 1. The lowest BCUT2D eigenvalue weighted by atomic mass is 10.1. The van der Waals surface area contributed by atoms with Gasteiger partial charge < -0.3 is 11.1 Å². The zero-order valence-corrected chi connectivity index (χ0v) is 11.2. The van der Waals surface area contributed by atoms with Gasteiger partial charge in [-0.3, -0.25) is 9.48 Å². The zero-order valence-electron chi connectivity index (χ0n) is 11.2. The molecule has 2 aromatic rings. The van der Waals surface area contributed by atoms with E-state index in [1.807, 2.05) is 38.4 Å². The molecule has 1 heterocycles. The third-order valence-electron chi connectivity index (χ3n) is 2.80. The highest BCUT2D eigenvalue weighted by molar-refractivity contribution is 5.95. The van der Waals surface area contributed by atoms with Gasteiger partial charge >= 0.3 is 0 Å². The van der Waals surface area contributed by atoms with Crippen LogP contribution in [0.5, 0.6) is 0 Å². The lowest BCUT2D eigenvalue weighted by Gasteiger charge is -2.06. The van der Waals surface area contributed by atoms with Crippen LogP contribution < -0.4 is 11.1 Å². The highest BCUT2D eigenvalue weighted by Crippen LogP contribution is 2.11. The van der Waals surface area contributed by atoms with Crippen molar-refractivity contribution in [2.45, 2.75) is 13.3 Å². The van der Waals surface area contributed by atoms with Crippen LogP contribution in [0.2, 0.25) is 0 Å². The van der Waals surface area contributed by atoms with Gasteiger partial charge in [-0.05, 0) is 36.8 Å². The van der Waals surface area contributed by atoms with E-state index in [1.54, 1.807) is 10.7 Å². The Morgan fingerprint density at radius 2 is 2.21 bits per heavy atom. The minimum absolute atomic E-state index is 0.105. The van der Waals surface area contributed by atoms with E-state index in [9.17, 15) is 4.79 Å². The van der Waals surface area contributed by atoms with E-state index in [-0.39, 0.29) is 5.91 Å². The third-order valence-corrected chi connectivity index (χ3v) is 2.80. The van der Waals surface area contributed by atoms with Gasteiger partial charge in [0.25, 0.3) is 5.91 Å². The first-order valence-corrected chi connectivity index (χ1v) is 6.18. The molecule has 0 aliphatic rings. The molecule has 0 radical (unpaired) electrons. The normalized spacial score (nSPS) is 10.4. The number of aromatic nitrogens is 2. The van der Waals surface area contributed by atoms with E-state index >= 15 is 0 Å². The molecule has 0 fully saturated rings. The number of nitrogens with two attached hydrogens (primary N) is 1. The molecule has 1 aromatic heterocycles. The molecule has 2 rings (SSSR count). The average Bonchev–Trinajstić information content (AvgIpc) is 2.73. The van der Waals surface area contributed by atoms with Crippen molar-refractivity contribution in [3.63, 3.8) is 0 Å². The van der Waals surface area contributed by atoms with Crippen LogP contribution in [-0.2, 0) is 13.5 Å². The molecule has 0 atom stereocenters. The van der Waals surface area contributed by atoms with Crippen LogP contribution in [0.1, 0.15) is 21.6 Å². The molecule has 19 heavy (non-hydrogen) atoms. The topological polar surface area (TPSA) is 72.9 Å². The molecule has 0 spiro atoms. The van der Waals surface area contributed by atoms with E-state index < -0.39 is 0 Å². The number of nitrogen functional groups attached to an aromatic ring is 1. The van der Waals surface area contributed by atoms with E-state index in [1.165, 1.54) is 0 Å². The predicted molar refractivity (Wildman–Crippen MR) is 74.8 cm³/mol. The van der Waals surface area contributed by atoms with Crippen molar-refractivity contribution in [2.24, 2.45) is 7.05 Å². The minimum Gasteiger partial charge on any atom is -0.399 e. The Hall–Kier alpha value is -2.30. The van der Waals surface area contributed by atoms with Gasteiger partial charge in [-0.1, -0.05) is 0 Å². The number of benzene rings is 1. The Balaban J connectivity index is 1.90. The monoisotopic (exact) mass is 258 g/mol. The van der Waals surface area contributed by atoms with Crippen LogP contribution in [-0.4, -0.2) is 22.2 Å². The SMILES string of the molecule is Cc1cc(N)cc(C(=O)NCCc2ccn(C)n2)c1. The summed E-state index contributed by atoms with van der Waals surface area (Å²) in [7, 11) is 1.87. The number of rotatable bonds is 4. The minimum atomic E-state index is -0.105. The summed E-state index contributed by atoms with van der Waals surface area (Å²) in [6.45, 7) is 2.48. The van der Waals surface area contributed by atoms with E-state index in [4.69, 9.17) is 5.73 Å². The summed E-state index contributed by atoms with van der Waals surface area (Å²) >= 11 is 0. The number of hydrogen-bond acceptors (Lipinski definition) is 3. The fraction of sp³-hybridized carbons (Fsp3) is 0.286. The number of anilines is 1. The molecule has 0 saturated heterocycles. The Morgan fingerprint density at radius 3 is 2.84 bits per heavy atom. The molecule has 0 aliphatic carbocycles. The molecule has 0 unspecified atom stereocenters. The maximum atomic E-state index is 12.0. The molecule has 1 aromatic carbocycles. The van der Waals surface area contributed by atoms with E-state index in [0.29, 0.717) is 24.2 Å². The molecule has 5 heteroatoms. The molecule has 0 bridgehead atoms. The maximum absolute atomic E-state index is 12.0. The third kappa shape index (κ3) is 3.58. The quantitative estimate of drug-likeness (QED) is 0.811. The van der Waals surface area contributed by atoms with Gasteiger partial charge in [-0.25, -0.2) is 0 Å². The number of amides is 1. The molecule has 100 valence electrons. The molecular formula is C14H18N4O. The van der Waals surface area contributed by atoms with Gasteiger partial charge in [0.2, 0.25) is 0 Å². The van der Waals surface area contributed by atoms with Crippen LogP contribution in [0.3, 0.4) is 0 Å². The number of aryl methyl sites for hydroxylation is 2. The second-order valence-corrected chi connectivity index (χ2v) is 4.62. The molecule has 5 nitrogen and oxygen atoms in total. The Bertz CT molecular complexity index is 569. The van der Waals surface area contributed by atoms with Gasteiger partial charge in [0.15, 0.2) is 0 Å². The predicted octanol–water partition coefficient (Wildman–Crippen LogP) is 1.28. The molecular weight excluding hydrogens is 240 g/mol. The Kier molecular flexibility index (Phi) is 3.85. The number of carbonyl (C=O) groups excluding carboxylic acids is 1. The van der Waals surface area contributed by atoms with Gasteiger partial charge in [0.1, 0.15) is 0 Å². The van der Waals surface area contributed by atoms with E-state index in [0.717, 1.165) is 11.3 Å². The summed E-state index contributed by atoms with van der Waals surface area (Å²) in [6, 6.07) is 7.29. The summed E-state index contributed by atoms with van der Waals surface area (Å²) in [4.78, 5) is 12.0. The van der Waals surface area contributed by atoms with Crippen molar-refractivity contribution >= 4 is 11.6 Å².